The molecule has 1 fully saturated rings. The first-order valence-corrected chi connectivity index (χ1v) is 4.89. The van der Waals surface area contributed by atoms with Crippen LogP contribution >= 0.6 is 0 Å². The molecular formula is C9H18N2O2. The van der Waals surface area contributed by atoms with Crippen molar-refractivity contribution in [2.24, 2.45) is 5.73 Å². The molecule has 0 aliphatic heterocycles. The van der Waals surface area contributed by atoms with Gasteiger partial charge in [0.15, 0.2) is 0 Å². The molecule has 1 rings (SSSR count). The van der Waals surface area contributed by atoms with Gasteiger partial charge in [0.2, 0.25) is 0 Å². The predicted octanol–water partition coefficient (Wildman–Crippen LogP) is -0.247. The number of nitrogens with two attached hydrogens (primary N) is 1. The van der Waals surface area contributed by atoms with E-state index >= 15 is 0 Å². The lowest BCUT2D eigenvalue weighted by atomic mass is 10.1. The zero-order valence-corrected chi connectivity index (χ0v) is 7.99. The lowest BCUT2D eigenvalue weighted by molar-refractivity contribution is -0.130. The zero-order valence-electron chi connectivity index (χ0n) is 7.99. The number of hydrogen-bond donors (Lipinski definition) is 3. The quantitative estimate of drug-likeness (QED) is 0.554. The molecular weight excluding hydrogens is 168 g/mol. The Hall–Kier alpha value is -0.610. The van der Waals surface area contributed by atoms with Crippen LogP contribution in [0.25, 0.3) is 0 Å². The number of rotatable bonds is 5. The smallest absolute Gasteiger partial charge is 0.250 e. The molecule has 4 nitrogen and oxygen atoms in total. The van der Waals surface area contributed by atoms with Crippen molar-refractivity contribution in [3.63, 3.8) is 0 Å². The molecule has 0 spiro atoms. The van der Waals surface area contributed by atoms with Crippen LogP contribution in [0.2, 0.25) is 0 Å². The number of carbonyl (C=O) groups is 1. The summed E-state index contributed by atoms with van der Waals surface area (Å²) in [4.78, 5) is 11.3. The third kappa shape index (κ3) is 3.32. The van der Waals surface area contributed by atoms with E-state index in [1.807, 2.05) is 6.92 Å². The van der Waals surface area contributed by atoms with E-state index in [2.05, 4.69) is 5.32 Å². The van der Waals surface area contributed by atoms with Crippen molar-refractivity contribution in [1.82, 2.24) is 5.32 Å². The van der Waals surface area contributed by atoms with Crippen LogP contribution in [-0.2, 0) is 4.79 Å². The van der Waals surface area contributed by atoms with Gasteiger partial charge in [-0.25, -0.2) is 0 Å². The topological polar surface area (TPSA) is 75.3 Å². The molecule has 1 amide bonds. The minimum atomic E-state index is -1.04. The summed E-state index contributed by atoms with van der Waals surface area (Å²) in [7, 11) is 0. The predicted molar refractivity (Wildman–Crippen MR) is 50.1 cm³/mol. The van der Waals surface area contributed by atoms with Crippen LogP contribution in [0.15, 0.2) is 0 Å². The molecule has 0 bridgehead atoms. The third-order valence-corrected chi connectivity index (χ3v) is 2.22. The van der Waals surface area contributed by atoms with Gasteiger partial charge >= 0.3 is 0 Å². The second-order valence-electron chi connectivity index (χ2n) is 3.68. The first kappa shape index (κ1) is 10.5. The third-order valence-electron chi connectivity index (χ3n) is 2.22. The van der Waals surface area contributed by atoms with E-state index in [4.69, 9.17) is 5.73 Å². The number of aliphatic hydroxyl groups is 1. The van der Waals surface area contributed by atoms with Gasteiger partial charge in [-0.1, -0.05) is 13.3 Å². The van der Waals surface area contributed by atoms with Gasteiger partial charge < -0.3 is 16.2 Å². The summed E-state index contributed by atoms with van der Waals surface area (Å²) in [5.74, 6) is -0.316. The van der Waals surface area contributed by atoms with Crippen LogP contribution in [0.3, 0.4) is 0 Å². The van der Waals surface area contributed by atoms with E-state index in [0.717, 1.165) is 19.3 Å². The van der Waals surface area contributed by atoms with Gasteiger partial charge in [0.05, 0.1) is 0 Å². The largest absolute Gasteiger partial charge is 0.382 e. The summed E-state index contributed by atoms with van der Waals surface area (Å²) >= 11 is 0. The highest BCUT2D eigenvalue weighted by Gasteiger charge is 2.28. The standard InChI is InChI=1S/C9H18N2O2/c1-2-3-7(10)8(12)9(13)11-6-4-5-6/h6-8,12H,2-5,10H2,1H3,(H,11,13)/t7-,8+/m0/s1. The van der Waals surface area contributed by atoms with E-state index in [9.17, 15) is 9.90 Å². The van der Waals surface area contributed by atoms with Crippen molar-refractivity contribution in [3.05, 3.63) is 0 Å². The van der Waals surface area contributed by atoms with E-state index < -0.39 is 12.1 Å². The van der Waals surface area contributed by atoms with Crippen LogP contribution in [0.5, 0.6) is 0 Å². The highest BCUT2D eigenvalue weighted by molar-refractivity contribution is 5.81. The van der Waals surface area contributed by atoms with Crippen LogP contribution in [-0.4, -0.2) is 29.2 Å². The number of nitrogens with one attached hydrogen (secondary N) is 1. The maximum atomic E-state index is 11.3. The first-order chi connectivity index (χ1) is 6.15. The van der Waals surface area contributed by atoms with Gasteiger partial charge in [0, 0.05) is 12.1 Å². The number of hydrogen-bond acceptors (Lipinski definition) is 3. The average molecular weight is 186 g/mol. The highest BCUT2D eigenvalue weighted by atomic mass is 16.3. The minimum Gasteiger partial charge on any atom is -0.382 e. The Kier molecular flexibility index (Phi) is 3.69. The molecule has 0 radical (unpaired) electrons. The van der Waals surface area contributed by atoms with Crippen LogP contribution in [0.1, 0.15) is 32.6 Å². The summed E-state index contributed by atoms with van der Waals surface area (Å²) in [5, 5.41) is 12.2. The molecule has 76 valence electrons. The first-order valence-electron chi connectivity index (χ1n) is 4.89. The fourth-order valence-electron chi connectivity index (χ4n) is 1.20. The summed E-state index contributed by atoms with van der Waals surface area (Å²) in [6, 6.07) is -0.139. The second kappa shape index (κ2) is 4.58. The van der Waals surface area contributed by atoms with E-state index in [1.54, 1.807) is 0 Å². The second-order valence-corrected chi connectivity index (χ2v) is 3.68. The minimum absolute atomic E-state index is 0.288. The Morgan fingerprint density at radius 1 is 1.69 bits per heavy atom. The Morgan fingerprint density at radius 2 is 2.31 bits per heavy atom. The Balaban J connectivity index is 2.26. The molecule has 4 N–H and O–H groups in total. The summed E-state index contributed by atoms with van der Waals surface area (Å²) in [5.41, 5.74) is 5.61. The van der Waals surface area contributed by atoms with E-state index in [0.29, 0.717) is 6.42 Å². The Morgan fingerprint density at radius 3 is 2.77 bits per heavy atom. The molecule has 1 saturated carbocycles. The molecule has 0 saturated heterocycles. The SMILES string of the molecule is CCC[C@H](N)[C@@H](O)C(=O)NC1CC1. The van der Waals surface area contributed by atoms with Gasteiger partial charge in [0.25, 0.3) is 5.91 Å². The van der Waals surface area contributed by atoms with E-state index in [1.165, 1.54) is 0 Å². The van der Waals surface area contributed by atoms with Crippen molar-refractivity contribution in [3.8, 4) is 0 Å². The molecule has 0 aromatic heterocycles. The monoisotopic (exact) mass is 186 g/mol. The van der Waals surface area contributed by atoms with Crippen molar-refractivity contribution < 1.29 is 9.90 Å². The molecule has 2 atom stereocenters. The highest BCUT2D eigenvalue weighted by Crippen LogP contribution is 2.18. The molecule has 0 aromatic rings. The number of aliphatic hydroxyl groups excluding tert-OH is 1. The Labute approximate surface area is 78.5 Å². The van der Waals surface area contributed by atoms with Crippen molar-refractivity contribution in [2.75, 3.05) is 0 Å². The molecule has 4 heteroatoms. The number of carbonyl (C=O) groups excluding carboxylic acids is 1. The van der Waals surface area contributed by atoms with Gasteiger partial charge in [-0.2, -0.15) is 0 Å². The van der Waals surface area contributed by atoms with Crippen LogP contribution in [0.4, 0.5) is 0 Å². The van der Waals surface area contributed by atoms with Gasteiger partial charge in [-0.05, 0) is 19.3 Å². The average Bonchev–Trinajstić information content (AvgIpc) is 2.87. The molecule has 0 aromatic carbocycles. The lowest BCUT2D eigenvalue weighted by Gasteiger charge is -2.17. The van der Waals surface area contributed by atoms with E-state index in [-0.39, 0.29) is 11.9 Å². The molecule has 1 aliphatic carbocycles. The van der Waals surface area contributed by atoms with Crippen molar-refractivity contribution in [2.45, 2.75) is 50.8 Å². The fraction of sp³-hybridized carbons (Fsp3) is 0.889. The normalized spacial score (nSPS) is 20.8. The maximum Gasteiger partial charge on any atom is 0.250 e. The zero-order chi connectivity index (χ0) is 9.84. The lowest BCUT2D eigenvalue weighted by Crippen LogP contribution is -2.46. The summed E-state index contributed by atoms with van der Waals surface area (Å²) in [6.45, 7) is 1.98. The van der Waals surface area contributed by atoms with Gasteiger partial charge in [-0.3, -0.25) is 4.79 Å². The van der Waals surface area contributed by atoms with Crippen LogP contribution < -0.4 is 11.1 Å². The Bertz CT molecular complexity index is 180. The molecule has 0 unspecified atom stereocenters. The molecule has 0 heterocycles. The molecule has 1 aliphatic rings. The van der Waals surface area contributed by atoms with Gasteiger partial charge in [0.1, 0.15) is 6.10 Å². The van der Waals surface area contributed by atoms with Gasteiger partial charge in [-0.15, -0.1) is 0 Å². The summed E-state index contributed by atoms with van der Waals surface area (Å²) < 4.78 is 0. The van der Waals surface area contributed by atoms with Crippen molar-refractivity contribution >= 4 is 5.91 Å². The number of amides is 1. The van der Waals surface area contributed by atoms with Crippen molar-refractivity contribution in [1.29, 1.82) is 0 Å². The maximum absolute atomic E-state index is 11.3. The summed E-state index contributed by atoms with van der Waals surface area (Å²) in [6.07, 6.45) is 2.58. The fourth-order valence-corrected chi connectivity index (χ4v) is 1.20. The molecule has 13 heavy (non-hydrogen) atoms. The van der Waals surface area contributed by atoms with Crippen LogP contribution in [0, 0.1) is 0 Å².